The van der Waals surface area contributed by atoms with Gasteiger partial charge in [-0.25, -0.2) is 0 Å². The van der Waals surface area contributed by atoms with E-state index in [2.05, 4.69) is 12.2 Å². The lowest BCUT2D eigenvalue weighted by molar-refractivity contribution is -0.143. The summed E-state index contributed by atoms with van der Waals surface area (Å²) in [4.78, 5) is 19.3. The number of nitrogens with one attached hydrogen (secondary N) is 1. The zero-order valence-corrected chi connectivity index (χ0v) is 15.4. The SMILES string of the molecule is CCCCCCCCCCCCNCCN.O=C(O)CCC(=O)O. The summed E-state index contributed by atoms with van der Waals surface area (Å²) in [7, 11) is 0. The van der Waals surface area contributed by atoms with E-state index in [-0.39, 0.29) is 12.8 Å². The van der Waals surface area contributed by atoms with Gasteiger partial charge in [-0.1, -0.05) is 64.7 Å². The van der Waals surface area contributed by atoms with Crippen LogP contribution in [0, 0.1) is 0 Å². The van der Waals surface area contributed by atoms with E-state index in [1.165, 1.54) is 64.2 Å². The first-order valence-electron chi connectivity index (χ1n) is 9.39. The maximum Gasteiger partial charge on any atom is 0.303 e. The second-order valence-electron chi connectivity index (χ2n) is 6.01. The fourth-order valence-corrected chi connectivity index (χ4v) is 2.18. The molecule has 0 radical (unpaired) electrons. The van der Waals surface area contributed by atoms with E-state index in [1.807, 2.05) is 0 Å². The van der Waals surface area contributed by atoms with Gasteiger partial charge >= 0.3 is 11.9 Å². The predicted molar refractivity (Wildman–Crippen MR) is 98.3 cm³/mol. The van der Waals surface area contributed by atoms with E-state index < -0.39 is 11.9 Å². The number of aliphatic carboxylic acids is 2. The Morgan fingerprint density at radius 1 is 0.750 bits per heavy atom. The highest BCUT2D eigenvalue weighted by molar-refractivity contribution is 5.75. The van der Waals surface area contributed by atoms with Gasteiger partial charge in [0.2, 0.25) is 0 Å². The Kier molecular flexibility index (Phi) is 22.9. The van der Waals surface area contributed by atoms with Crippen molar-refractivity contribution in [1.82, 2.24) is 5.32 Å². The van der Waals surface area contributed by atoms with Crippen molar-refractivity contribution in [3.63, 3.8) is 0 Å². The fraction of sp³-hybridized carbons (Fsp3) is 0.889. The smallest absolute Gasteiger partial charge is 0.303 e. The van der Waals surface area contributed by atoms with E-state index in [0.717, 1.165) is 19.6 Å². The van der Waals surface area contributed by atoms with Crippen molar-refractivity contribution in [2.75, 3.05) is 19.6 Å². The molecule has 24 heavy (non-hydrogen) atoms. The molecule has 6 heteroatoms. The van der Waals surface area contributed by atoms with E-state index in [4.69, 9.17) is 15.9 Å². The van der Waals surface area contributed by atoms with Crippen molar-refractivity contribution >= 4 is 11.9 Å². The van der Waals surface area contributed by atoms with Crippen molar-refractivity contribution in [1.29, 1.82) is 0 Å². The fourth-order valence-electron chi connectivity index (χ4n) is 2.18. The third-order valence-corrected chi connectivity index (χ3v) is 3.58. The Bertz CT molecular complexity index is 258. The monoisotopic (exact) mass is 346 g/mol. The Labute approximate surface area is 147 Å². The first-order chi connectivity index (χ1) is 11.5. The third-order valence-electron chi connectivity index (χ3n) is 3.58. The molecule has 0 spiro atoms. The highest BCUT2D eigenvalue weighted by Crippen LogP contribution is 2.10. The van der Waals surface area contributed by atoms with Crippen LogP contribution in [0.5, 0.6) is 0 Å². The van der Waals surface area contributed by atoms with Gasteiger partial charge < -0.3 is 21.3 Å². The summed E-state index contributed by atoms with van der Waals surface area (Å²) >= 11 is 0. The number of hydrogen-bond donors (Lipinski definition) is 4. The molecule has 0 amide bonds. The Morgan fingerprint density at radius 2 is 1.17 bits per heavy atom. The van der Waals surface area contributed by atoms with Gasteiger partial charge in [-0.15, -0.1) is 0 Å². The molecule has 144 valence electrons. The molecule has 0 saturated carbocycles. The standard InChI is InChI=1S/C14H32N2.C4H6O4/c1-2-3-4-5-6-7-8-9-10-11-13-16-14-12-15;5-3(6)1-2-4(7)8/h16H,2-15H2,1H3;1-2H2,(H,5,6)(H,7,8). The molecule has 0 atom stereocenters. The molecule has 0 aliphatic rings. The molecular weight excluding hydrogens is 308 g/mol. The zero-order chi connectivity index (χ0) is 18.5. The van der Waals surface area contributed by atoms with Gasteiger partial charge in [0.25, 0.3) is 0 Å². The second-order valence-corrected chi connectivity index (χ2v) is 6.01. The van der Waals surface area contributed by atoms with Crippen LogP contribution in [0.1, 0.15) is 84.0 Å². The van der Waals surface area contributed by atoms with E-state index in [0.29, 0.717) is 0 Å². The summed E-state index contributed by atoms with van der Waals surface area (Å²) in [5, 5.41) is 19.1. The van der Waals surface area contributed by atoms with E-state index >= 15 is 0 Å². The van der Waals surface area contributed by atoms with Gasteiger partial charge in [0, 0.05) is 13.1 Å². The number of rotatable bonds is 16. The molecule has 0 fully saturated rings. The van der Waals surface area contributed by atoms with Crippen molar-refractivity contribution in [2.45, 2.75) is 84.0 Å². The van der Waals surface area contributed by atoms with Crippen LogP contribution in [-0.4, -0.2) is 41.8 Å². The van der Waals surface area contributed by atoms with E-state index in [9.17, 15) is 9.59 Å². The van der Waals surface area contributed by atoms with Crippen LogP contribution in [0.4, 0.5) is 0 Å². The lowest BCUT2D eigenvalue weighted by atomic mass is 10.1. The third kappa shape index (κ3) is 28.9. The largest absolute Gasteiger partial charge is 0.481 e. The molecular formula is C18H38N2O4. The van der Waals surface area contributed by atoms with Gasteiger partial charge in [-0.05, 0) is 13.0 Å². The topological polar surface area (TPSA) is 113 Å². The number of carboxylic acids is 2. The van der Waals surface area contributed by atoms with Gasteiger partial charge in [0.05, 0.1) is 12.8 Å². The number of carbonyl (C=O) groups is 2. The molecule has 0 bridgehead atoms. The molecule has 0 saturated heterocycles. The number of carboxylic acid groups (broad SMARTS) is 2. The quantitative estimate of drug-likeness (QED) is 0.319. The van der Waals surface area contributed by atoms with Gasteiger partial charge in [0.1, 0.15) is 0 Å². The van der Waals surface area contributed by atoms with Crippen molar-refractivity contribution in [3.05, 3.63) is 0 Å². The van der Waals surface area contributed by atoms with Crippen LogP contribution in [0.25, 0.3) is 0 Å². The molecule has 0 rings (SSSR count). The van der Waals surface area contributed by atoms with Gasteiger partial charge in [-0.2, -0.15) is 0 Å². The Morgan fingerprint density at radius 3 is 1.54 bits per heavy atom. The average molecular weight is 347 g/mol. The van der Waals surface area contributed by atoms with Crippen molar-refractivity contribution in [3.8, 4) is 0 Å². The maximum absolute atomic E-state index is 9.64. The number of hydrogen-bond acceptors (Lipinski definition) is 4. The van der Waals surface area contributed by atoms with Crippen LogP contribution >= 0.6 is 0 Å². The minimum Gasteiger partial charge on any atom is -0.481 e. The molecule has 0 aromatic rings. The summed E-state index contributed by atoms with van der Waals surface area (Å²) < 4.78 is 0. The van der Waals surface area contributed by atoms with Crippen LogP contribution < -0.4 is 11.1 Å². The van der Waals surface area contributed by atoms with Crippen molar-refractivity contribution in [2.24, 2.45) is 5.73 Å². The number of unbranched alkanes of at least 4 members (excludes halogenated alkanes) is 9. The lowest BCUT2D eigenvalue weighted by Gasteiger charge is -2.03. The maximum atomic E-state index is 9.64. The molecule has 0 aliphatic heterocycles. The molecule has 5 N–H and O–H groups in total. The molecule has 6 nitrogen and oxygen atoms in total. The summed E-state index contributed by atoms with van der Waals surface area (Å²) in [5.74, 6) is -2.15. The molecule has 0 heterocycles. The predicted octanol–water partition coefficient (Wildman–Crippen LogP) is 3.39. The van der Waals surface area contributed by atoms with Crippen LogP contribution in [0.2, 0.25) is 0 Å². The first kappa shape index (κ1) is 25.1. The Balaban J connectivity index is 0. The minimum atomic E-state index is -1.08. The van der Waals surface area contributed by atoms with E-state index in [1.54, 1.807) is 0 Å². The highest BCUT2D eigenvalue weighted by Gasteiger charge is 2.00. The number of nitrogens with two attached hydrogens (primary N) is 1. The van der Waals surface area contributed by atoms with Crippen LogP contribution in [0.3, 0.4) is 0 Å². The summed E-state index contributed by atoms with van der Waals surface area (Å²) in [5.41, 5.74) is 5.40. The lowest BCUT2D eigenvalue weighted by Crippen LogP contribution is -2.23. The normalized spacial score (nSPS) is 10.1. The average Bonchev–Trinajstić information content (AvgIpc) is 2.54. The molecule has 0 unspecified atom stereocenters. The highest BCUT2D eigenvalue weighted by atomic mass is 16.4. The first-order valence-corrected chi connectivity index (χ1v) is 9.39. The molecule has 0 aromatic heterocycles. The minimum absolute atomic E-state index is 0.296. The molecule has 0 aromatic carbocycles. The Hall–Kier alpha value is -1.14. The van der Waals surface area contributed by atoms with Crippen LogP contribution in [-0.2, 0) is 9.59 Å². The zero-order valence-electron chi connectivity index (χ0n) is 15.4. The van der Waals surface area contributed by atoms with Crippen LogP contribution in [0.15, 0.2) is 0 Å². The van der Waals surface area contributed by atoms with Gasteiger partial charge in [0.15, 0.2) is 0 Å². The summed E-state index contributed by atoms with van der Waals surface area (Å²) in [6, 6.07) is 0. The van der Waals surface area contributed by atoms with Gasteiger partial charge in [-0.3, -0.25) is 9.59 Å². The summed E-state index contributed by atoms with van der Waals surface area (Å²) in [6.07, 6.45) is 13.5. The summed E-state index contributed by atoms with van der Waals surface area (Å²) in [6.45, 7) is 5.15. The van der Waals surface area contributed by atoms with Crippen molar-refractivity contribution < 1.29 is 19.8 Å². The second kappa shape index (κ2) is 21.9. The molecule has 0 aliphatic carbocycles.